The average Bonchev–Trinajstić information content (AvgIpc) is 3.26. The molecule has 0 unspecified atom stereocenters. The van der Waals surface area contributed by atoms with Crippen molar-refractivity contribution < 1.29 is 23.7 Å². The molecule has 0 N–H and O–H groups in total. The van der Waals surface area contributed by atoms with Crippen LogP contribution in [0.3, 0.4) is 0 Å². The summed E-state index contributed by atoms with van der Waals surface area (Å²) in [5.74, 6) is 0.672. The Bertz CT molecular complexity index is 1320. The van der Waals surface area contributed by atoms with Crippen LogP contribution in [0, 0.1) is 0 Å². The molecule has 4 aromatic carbocycles. The molecule has 1 aliphatic heterocycles. The molecule has 1 amide bonds. The Hall–Kier alpha value is -3.97. The molecule has 0 aliphatic carbocycles. The second-order valence-electron chi connectivity index (χ2n) is 9.86. The zero-order valence-corrected chi connectivity index (χ0v) is 22.7. The number of rotatable bonds is 13. The van der Waals surface area contributed by atoms with Crippen LogP contribution in [0.5, 0.6) is 5.75 Å². The molecule has 5 rings (SSSR count). The van der Waals surface area contributed by atoms with Crippen LogP contribution in [0.25, 0.3) is 0 Å². The fourth-order valence-electron chi connectivity index (χ4n) is 4.92. The van der Waals surface area contributed by atoms with Gasteiger partial charge < -0.3 is 23.8 Å². The van der Waals surface area contributed by atoms with Crippen molar-refractivity contribution in [2.45, 2.75) is 44.6 Å². The standard InChI is InChI=1S/C34H35NO5/c1-37-30-19-17-26(18-20-30)21-35-31(25-38-22-27-11-5-2-6-12-27)32(39-23-28-13-7-3-8-14-28)33(34(35)36)40-24-29-15-9-4-10-16-29/h2-20,31-33H,21-25H2,1H3/t31-,32-,33+/m1/s1. The van der Waals surface area contributed by atoms with E-state index in [2.05, 4.69) is 0 Å². The van der Waals surface area contributed by atoms with E-state index in [1.807, 2.05) is 120 Å². The van der Waals surface area contributed by atoms with Crippen LogP contribution in [0.4, 0.5) is 0 Å². The molecule has 0 aromatic heterocycles. The van der Waals surface area contributed by atoms with Crippen molar-refractivity contribution in [1.82, 2.24) is 4.90 Å². The molecule has 0 saturated carbocycles. The highest BCUT2D eigenvalue weighted by atomic mass is 16.6. The van der Waals surface area contributed by atoms with Crippen molar-refractivity contribution in [2.75, 3.05) is 13.7 Å². The topological polar surface area (TPSA) is 57.2 Å². The van der Waals surface area contributed by atoms with E-state index in [1.165, 1.54) is 0 Å². The summed E-state index contributed by atoms with van der Waals surface area (Å²) in [6.07, 6.45) is -1.27. The summed E-state index contributed by atoms with van der Waals surface area (Å²) in [7, 11) is 1.64. The van der Waals surface area contributed by atoms with Gasteiger partial charge >= 0.3 is 0 Å². The van der Waals surface area contributed by atoms with Crippen molar-refractivity contribution in [3.05, 3.63) is 138 Å². The number of carbonyl (C=O) groups excluding carboxylic acids is 1. The Kier molecular flexibility index (Phi) is 9.59. The zero-order chi connectivity index (χ0) is 27.6. The highest BCUT2D eigenvalue weighted by molar-refractivity contribution is 5.85. The van der Waals surface area contributed by atoms with Crippen LogP contribution in [0.1, 0.15) is 22.3 Å². The van der Waals surface area contributed by atoms with Crippen molar-refractivity contribution in [3.8, 4) is 5.75 Å². The minimum absolute atomic E-state index is 0.0990. The summed E-state index contributed by atoms with van der Waals surface area (Å²) in [5, 5.41) is 0. The molecule has 6 nitrogen and oxygen atoms in total. The Morgan fingerprint density at radius 1 is 0.625 bits per heavy atom. The lowest BCUT2D eigenvalue weighted by atomic mass is 10.1. The molecule has 3 atom stereocenters. The molecule has 1 fully saturated rings. The molecule has 6 heteroatoms. The number of benzene rings is 4. The summed E-state index contributed by atoms with van der Waals surface area (Å²) in [4.78, 5) is 15.8. The SMILES string of the molecule is COc1ccc(CN2C(=O)[C@@H](OCc3ccccc3)[C@H](OCc3ccccc3)[C@H]2COCc2ccccc2)cc1. The van der Waals surface area contributed by atoms with Gasteiger partial charge in [-0.05, 0) is 34.4 Å². The minimum Gasteiger partial charge on any atom is -0.497 e. The molecule has 1 heterocycles. The highest BCUT2D eigenvalue weighted by Gasteiger charge is 2.49. The quantitative estimate of drug-likeness (QED) is 0.216. The van der Waals surface area contributed by atoms with E-state index in [0.717, 1.165) is 28.0 Å². The maximum absolute atomic E-state index is 14.0. The van der Waals surface area contributed by atoms with Gasteiger partial charge in [0.05, 0.1) is 39.6 Å². The van der Waals surface area contributed by atoms with Gasteiger partial charge in [0, 0.05) is 6.54 Å². The Morgan fingerprint density at radius 2 is 1.15 bits per heavy atom. The van der Waals surface area contributed by atoms with Gasteiger partial charge in [0.2, 0.25) is 0 Å². The molecule has 4 aromatic rings. The number of likely N-dealkylation sites (tertiary alicyclic amines) is 1. The zero-order valence-electron chi connectivity index (χ0n) is 22.7. The van der Waals surface area contributed by atoms with E-state index in [4.69, 9.17) is 18.9 Å². The van der Waals surface area contributed by atoms with Crippen molar-refractivity contribution in [1.29, 1.82) is 0 Å². The molecule has 0 bridgehead atoms. The van der Waals surface area contributed by atoms with E-state index in [-0.39, 0.29) is 11.9 Å². The van der Waals surface area contributed by atoms with Gasteiger partial charge in [-0.15, -0.1) is 0 Å². The number of methoxy groups -OCH3 is 1. The smallest absolute Gasteiger partial charge is 0.255 e. The monoisotopic (exact) mass is 537 g/mol. The van der Waals surface area contributed by atoms with Crippen LogP contribution in [-0.2, 0) is 45.4 Å². The number of carbonyl (C=O) groups is 1. The number of amides is 1. The number of nitrogens with zero attached hydrogens (tertiary/aromatic N) is 1. The van der Waals surface area contributed by atoms with E-state index in [0.29, 0.717) is 33.0 Å². The summed E-state index contributed by atoms with van der Waals surface area (Å²) < 4.78 is 24.3. The summed E-state index contributed by atoms with van der Waals surface area (Å²) in [5.41, 5.74) is 4.11. The Morgan fingerprint density at radius 3 is 1.70 bits per heavy atom. The van der Waals surface area contributed by atoms with E-state index in [1.54, 1.807) is 7.11 Å². The maximum atomic E-state index is 14.0. The molecule has 0 radical (unpaired) electrons. The van der Waals surface area contributed by atoms with Gasteiger partial charge in [-0.3, -0.25) is 4.79 Å². The first-order valence-electron chi connectivity index (χ1n) is 13.6. The summed E-state index contributed by atoms with van der Waals surface area (Å²) >= 11 is 0. The first-order chi connectivity index (χ1) is 19.7. The van der Waals surface area contributed by atoms with Crippen LogP contribution in [0.15, 0.2) is 115 Å². The normalized spacial score (nSPS) is 18.7. The molecular weight excluding hydrogens is 502 g/mol. The van der Waals surface area contributed by atoms with E-state index < -0.39 is 12.2 Å². The molecule has 0 spiro atoms. The van der Waals surface area contributed by atoms with Crippen LogP contribution >= 0.6 is 0 Å². The first-order valence-corrected chi connectivity index (χ1v) is 13.6. The minimum atomic E-state index is -0.757. The van der Waals surface area contributed by atoms with Crippen LogP contribution in [-0.4, -0.2) is 42.8 Å². The van der Waals surface area contributed by atoms with E-state index in [9.17, 15) is 4.79 Å². The molecule has 40 heavy (non-hydrogen) atoms. The highest BCUT2D eigenvalue weighted by Crippen LogP contribution is 2.30. The fraction of sp³-hybridized carbons (Fsp3) is 0.265. The van der Waals surface area contributed by atoms with Gasteiger partial charge in [-0.25, -0.2) is 0 Å². The molecule has 1 aliphatic rings. The van der Waals surface area contributed by atoms with Gasteiger partial charge in [0.1, 0.15) is 11.9 Å². The lowest BCUT2D eigenvalue weighted by molar-refractivity contribution is -0.142. The molecule has 206 valence electrons. The van der Waals surface area contributed by atoms with Crippen LogP contribution < -0.4 is 4.74 Å². The van der Waals surface area contributed by atoms with Gasteiger partial charge in [-0.2, -0.15) is 0 Å². The lowest BCUT2D eigenvalue weighted by Gasteiger charge is -2.28. The van der Waals surface area contributed by atoms with Crippen molar-refractivity contribution >= 4 is 5.91 Å². The Balaban J connectivity index is 1.39. The van der Waals surface area contributed by atoms with Gasteiger partial charge in [0.25, 0.3) is 5.91 Å². The predicted octanol–water partition coefficient (Wildman–Crippen LogP) is 5.79. The summed E-state index contributed by atoms with van der Waals surface area (Å²) in [6.45, 7) is 1.87. The maximum Gasteiger partial charge on any atom is 0.255 e. The average molecular weight is 538 g/mol. The molecule has 1 saturated heterocycles. The third-order valence-electron chi connectivity index (χ3n) is 7.07. The number of ether oxygens (including phenoxy) is 4. The largest absolute Gasteiger partial charge is 0.497 e. The predicted molar refractivity (Wildman–Crippen MR) is 153 cm³/mol. The van der Waals surface area contributed by atoms with Crippen LogP contribution in [0.2, 0.25) is 0 Å². The molecular formula is C34H35NO5. The van der Waals surface area contributed by atoms with Crippen molar-refractivity contribution in [2.24, 2.45) is 0 Å². The lowest BCUT2D eigenvalue weighted by Crippen LogP contribution is -2.41. The second-order valence-corrected chi connectivity index (χ2v) is 9.86. The fourth-order valence-corrected chi connectivity index (χ4v) is 4.92. The Labute approximate surface area is 236 Å². The number of hydrogen-bond acceptors (Lipinski definition) is 5. The summed E-state index contributed by atoms with van der Waals surface area (Å²) in [6, 6.07) is 37.3. The van der Waals surface area contributed by atoms with Crippen molar-refractivity contribution in [3.63, 3.8) is 0 Å². The van der Waals surface area contributed by atoms with E-state index >= 15 is 0 Å². The first kappa shape index (κ1) is 27.6. The third kappa shape index (κ3) is 7.16. The second kappa shape index (κ2) is 13.9. The number of hydrogen-bond donors (Lipinski definition) is 0. The van der Waals surface area contributed by atoms with Gasteiger partial charge in [-0.1, -0.05) is 103 Å². The third-order valence-corrected chi connectivity index (χ3v) is 7.07. The van der Waals surface area contributed by atoms with Gasteiger partial charge in [0.15, 0.2) is 6.10 Å².